The SMILES string of the molecule is CC1(C)c2ccccc2-c2ccc(-c3cc(-c4ccc5c(c4)Oc4ccccc4C54c5ccccc5-c5ccccc54)nc(-c4ccccc4)n3)cc21. The molecule has 0 radical (unpaired) electrons. The monoisotopic (exact) mass is 678 g/mol. The Balaban J connectivity index is 1.11. The first-order valence-electron chi connectivity index (χ1n) is 18.3. The summed E-state index contributed by atoms with van der Waals surface area (Å²) in [5.41, 5.74) is 16.8. The number of nitrogens with zero attached hydrogens (tertiary/aromatic N) is 2. The summed E-state index contributed by atoms with van der Waals surface area (Å²) < 4.78 is 6.85. The molecule has 7 aromatic carbocycles. The van der Waals surface area contributed by atoms with E-state index in [-0.39, 0.29) is 5.41 Å². The highest BCUT2D eigenvalue weighted by atomic mass is 16.5. The van der Waals surface area contributed by atoms with E-state index in [2.05, 4.69) is 166 Å². The van der Waals surface area contributed by atoms with Gasteiger partial charge in [0.2, 0.25) is 0 Å². The van der Waals surface area contributed by atoms with E-state index in [1.807, 2.05) is 18.2 Å². The highest BCUT2D eigenvalue weighted by molar-refractivity contribution is 5.89. The van der Waals surface area contributed by atoms with E-state index in [1.165, 1.54) is 44.5 Å². The van der Waals surface area contributed by atoms with Gasteiger partial charge in [0.15, 0.2) is 5.82 Å². The quantitative estimate of drug-likeness (QED) is 0.187. The number of para-hydroxylation sites is 1. The Bertz CT molecular complexity index is 2750. The van der Waals surface area contributed by atoms with Gasteiger partial charge in [0.25, 0.3) is 0 Å². The first-order chi connectivity index (χ1) is 26.0. The molecule has 0 saturated heterocycles. The van der Waals surface area contributed by atoms with E-state index in [4.69, 9.17) is 14.7 Å². The molecule has 0 N–H and O–H groups in total. The van der Waals surface area contributed by atoms with Crippen LogP contribution in [0.25, 0.3) is 56.2 Å². The lowest BCUT2D eigenvalue weighted by Gasteiger charge is -2.39. The van der Waals surface area contributed by atoms with Gasteiger partial charge in [0.05, 0.1) is 16.8 Å². The fraction of sp³-hybridized carbons (Fsp3) is 0.0800. The molecule has 1 spiro atoms. The lowest BCUT2D eigenvalue weighted by molar-refractivity contribution is 0.436. The number of hydrogen-bond acceptors (Lipinski definition) is 3. The van der Waals surface area contributed by atoms with Crippen LogP contribution in [0.1, 0.15) is 47.2 Å². The minimum absolute atomic E-state index is 0.111. The molecule has 11 rings (SSSR count). The first-order valence-corrected chi connectivity index (χ1v) is 18.3. The fourth-order valence-electron chi connectivity index (χ4n) is 9.34. The van der Waals surface area contributed by atoms with E-state index >= 15 is 0 Å². The van der Waals surface area contributed by atoms with Crippen molar-refractivity contribution < 1.29 is 4.74 Å². The Morgan fingerprint density at radius 2 is 0.887 bits per heavy atom. The molecule has 0 atom stereocenters. The molecule has 2 heterocycles. The summed E-state index contributed by atoms with van der Waals surface area (Å²) in [6, 6.07) is 60.8. The number of ether oxygens (including phenoxy) is 1. The Kier molecular flexibility index (Phi) is 6.22. The predicted octanol–water partition coefficient (Wildman–Crippen LogP) is 12.3. The van der Waals surface area contributed by atoms with Gasteiger partial charge in [-0.3, -0.25) is 0 Å². The predicted molar refractivity (Wildman–Crippen MR) is 213 cm³/mol. The molecule has 0 bridgehead atoms. The second-order valence-electron chi connectivity index (χ2n) is 14.9. The Morgan fingerprint density at radius 3 is 1.58 bits per heavy atom. The van der Waals surface area contributed by atoms with Crippen LogP contribution in [0.15, 0.2) is 170 Å². The third kappa shape index (κ3) is 4.16. The van der Waals surface area contributed by atoms with Crippen LogP contribution in [0.2, 0.25) is 0 Å². The number of rotatable bonds is 3. The summed E-state index contributed by atoms with van der Waals surface area (Å²) in [4.78, 5) is 10.4. The van der Waals surface area contributed by atoms with Crippen LogP contribution in [0.5, 0.6) is 11.5 Å². The molecule has 3 nitrogen and oxygen atoms in total. The Hall–Kier alpha value is -6.58. The molecule has 0 fully saturated rings. The number of aromatic nitrogens is 2. The van der Waals surface area contributed by atoms with Crippen molar-refractivity contribution >= 4 is 0 Å². The second kappa shape index (κ2) is 11.0. The Labute approximate surface area is 309 Å². The molecule has 53 heavy (non-hydrogen) atoms. The molecule has 250 valence electrons. The minimum atomic E-state index is -0.503. The summed E-state index contributed by atoms with van der Waals surface area (Å²) in [6.45, 7) is 4.64. The van der Waals surface area contributed by atoms with Gasteiger partial charge in [0.1, 0.15) is 11.5 Å². The van der Waals surface area contributed by atoms with Crippen LogP contribution >= 0.6 is 0 Å². The fourth-order valence-corrected chi connectivity index (χ4v) is 9.34. The first kappa shape index (κ1) is 30.1. The summed E-state index contributed by atoms with van der Waals surface area (Å²) in [7, 11) is 0. The molecular formula is C50H34N2O. The largest absolute Gasteiger partial charge is 0.457 e. The van der Waals surface area contributed by atoms with E-state index in [1.54, 1.807) is 0 Å². The van der Waals surface area contributed by atoms with Gasteiger partial charge < -0.3 is 4.74 Å². The second-order valence-corrected chi connectivity index (χ2v) is 14.9. The summed E-state index contributed by atoms with van der Waals surface area (Å²) >= 11 is 0. The van der Waals surface area contributed by atoms with Crippen molar-refractivity contribution in [1.29, 1.82) is 0 Å². The lowest BCUT2D eigenvalue weighted by Crippen LogP contribution is -2.32. The van der Waals surface area contributed by atoms with Crippen LogP contribution in [0.4, 0.5) is 0 Å². The Morgan fingerprint density at radius 1 is 0.377 bits per heavy atom. The van der Waals surface area contributed by atoms with E-state index in [9.17, 15) is 0 Å². The normalized spacial score (nSPS) is 14.7. The maximum atomic E-state index is 6.85. The lowest BCUT2D eigenvalue weighted by atomic mass is 9.66. The van der Waals surface area contributed by atoms with Crippen LogP contribution in [-0.2, 0) is 10.8 Å². The van der Waals surface area contributed by atoms with E-state index in [0.717, 1.165) is 50.7 Å². The zero-order valence-corrected chi connectivity index (χ0v) is 29.5. The molecule has 0 unspecified atom stereocenters. The number of hydrogen-bond donors (Lipinski definition) is 0. The third-order valence-corrected chi connectivity index (χ3v) is 11.8. The average Bonchev–Trinajstić information content (AvgIpc) is 3.63. The van der Waals surface area contributed by atoms with Gasteiger partial charge in [-0.15, -0.1) is 0 Å². The van der Waals surface area contributed by atoms with Gasteiger partial charge in [-0.1, -0.05) is 159 Å². The highest BCUT2D eigenvalue weighted by Gasteiger charge is 2.51. The van der Waals surface area contributed by atoms with Crippen molar-refractivity contribution in [1.82, 2.24) is 9.97 Å². The van der Waals surface area contributed by atoms with Crippen LogP contribution in [0, 0.1) is 0 Å². The maximum Gasteiger partial charge on any atom is 0.160 e. The maximum absolute atomic E-state index is 6.85. The summed E-state index contributed by atoms with van der Waals surface area (Å²) in [5, 5.41) is 0. The third-order valence-electron chi connectivity index (χ3n) is 11.8. The average molecular weight is 679 g/mol. The molecule has 3 aliphatic rings. The van der Waals surface area contributed by atoms with Crippen LogP contribution in [0.3, 0.4) is 0 Å². The highest BCUT2D eigenvalue weighted by Crippen LogP contribution is 2.62. The topological polar surface area (TPSA) is 35.0 Å². The summed E-state index contributed by atoms with van der Waals surface area (Å²) in [6.07, 6.45) is 0. The van der Waals surface area contributed by atoms with Crippen molar-refractivity contribution in [2.24, 2.45) is 0 Å². The standard InChI is InChI=1S/C50H34N2O/c1-49(2)38-19-9-6-16-34(38)37-26-24-32(28-43(37)49)44-30-45(52-48(51-44)31-14-4-3-5-15-31)33-25-27-42-47(29-33)53-46-23-13-12-22-41(46)50(42)39-20-10-7-17-35(39)36-18-8-11-21-40(36)50/h3-30H,1-2H3. The molecule has 2 aliphatic carbocycles. The van der Waals surface area contributed by atoms with Crippen molar-refractivity contribution in [2.75, 3.05) is 0 Å². The molecule has 1 aromatic heterocycles. The molecule has 3 heteroatoms. The van der Waals surface area contributed by atoms with Gasteiger partial charge >= 0.3 is 0 Å². The molecule has 0 saturated carbocycles. The van der Waals surface area contributed by atoms with Gasteiger partial charge in [-0.2, -0.15) is 0 Å². The van der Waals surface area contributed by atoms with Gasteiger partial charge in [-0.05, 0) is 68.8 Å². The molecule has 1 aliphatic heterocycles. The van der Waals surface area contributed by atoms with Crippen molar-refractivity contribution in [3.05, 3.63) is 203 Å². The van der Waals surface area contributed by atoms with Gasteiger partial charge in [-0.25, -0.2) is 9.97 Å². The molecule has 0 amide bonds. The van der Waals surface area contributed by atoms with E-state index in [0.29, 0.717) is 5.82 Å². The van der Waals surface area contributed by atoms with Gasteiger partial charge in [0, 0.05) is 33.2 Å². The zero-order valence-electron chi connectivity index (χ0n) is 29.5. The summed E-state index contributed by atoms with van der Waals surface area (Å²) in [5.74, 6) is 2.41. The van der Waals surface area contributed by atoms with Crippen molar-refractivity contribution in [3.63, 3.8) is 0 Å². The minimum Gasteiger partial charge on any atom is -0.457 e. The van der Waals surface area contributed by atoms with E-state index < -0.39 is 5.41 Å². The van der Waals surface area contributed by atoms with Crippen LogP contribution in [-0.4, -0.2) is 9.97 Å². The van der Waals surface area contributed by atoms with Crippen LogP contribution < -0.4 is 4.74 Å². The zero-order chi connectivity index (χ0) is 35.3. The smallest absolute Gasteiger partial charge is 0.160 e. The number of fused-ring (bicyclic) bond motifs is 12. The molecular weight excluding hydrogens is 645 g/mol. The van der Waals surface area contributed by atoms with Crippen molar-refractivity contribution in [2.45, 2.75) is 24.7 Å². The van der Waals surface area contributed by atoms with Crippen molar-refractivity contribution in [3.8, 4) is 67.7 Å². The number of benzene rings is 7. The molecule has 8 aromatic rings.